The zero-order valence-electron chi connectivity index (χ0n) is 13.3. The molecule has 0 atom stereocenters. The zero-order valence-corrected chi connectivity index (χ0v) is 14.0. The fourth-order valence-corrected chi connectivity index (χ4v) is 2.76. The minimum absolute atomic E-state index is 0.0546. The van der Waals surface area contributed by atoms with E-state index >= 15 is 0 Å². The van der Waals surface area contributed by atoms with Crippen molar-refractivity contribution in [2.45, 2.75) is 25.9 Å². The summed E-state index contributed by atoms with van der Waals surface area (Å²) < 4.78 is 45.2. The van der Waals surface area contributed by atoms with Gasteiger partial charge in [-0.1, -0.05) is 41.9 Å². The fraction of sp³-hybridized carbons (Fsp3) is 0.222. The fourth-order valence-electron chi connectivity index (χ4n) is 2.59. The van der Waals surface area contributed by atoms with E-state index in [0.29, 0.717) is 30.2 Å². The number of alkyl halides is 3. The molecule has 0 saturated heterocycles. The number of aromatic nitrogens is 2. The number of halogens is 4. The first kappa shape index (κ1) is 17.5. The second-order valence-corrected chi connectivity index (χ2v) is 6.04. The Labute approximate surface area is 147 Å². The average Bonchev–Trinajstić information content (AvgIpc) is 2.98. The monoisotopic (exact) mass is 366 g/mol. The van der Waals surface area contributed by atoms with Gasteiger partial charge in [-0.3, -0.25) is 0 Å². The topological polar surface area (TPSA) is 38.9 Å². The van der Waals surface area contributed by atoms with Crippen LogP contribution in [0.4, 0.5) is 13.2 Å². The van der Waals surface area contributed by atoms with E-state index in [0.717, 1.165) is 11.6 Å². The minimum atomic E-state index is -4.47. The summed E-state index contributed by atoms with van der Waals surface area (Å²) in [6.45, 7) is 1.70. The first-order valence-electron chi connectivity index (χ1n) is 7.58. The lowest BCUT2D eigenvalue weighted by atomic mass is 9.96. The molecule has 3 nitrogen and oxygen atoms in total. The van der Waals surface area contributed by atoms with Crippen LogP contribution in [0.15, 0.2) is 46.9 Å². The first-order chi connectivity index (χ1) is 11.8. The molecule has 1 heterocycles. The second kappa shape index (κ2) is 6.88. The van der Waals surface area contributed by atoms with Crippen LogP contribution in [0.3, 0.4) is 0 Å². The van der Waals surface area contributed by atoms with Crippen molar-refractivity contribution in [2.75, 3.05) is 0 Å². The number of hydrogen-bond donors (Lipinski definition) is 0. The van der Waals surface area contributed by atoms with Gasteiger partial charge in [0, 0.05) is 18.4 Å². The molecular formula is C18H14ClF3N2O. The highest BCUT2D eigenvalue weighted by molar-refractivity contribution is 6.30. The Morgan fingerprint density at radius 3 is 2.52 bits per heavy atom. The number of rotatable bonds is 4. The maximum absolute atomic E-state index is 13.3. The summed E-state index contributed by atoms with van der Waals surface area (Å²) in [5.74, 6) is 0.991. The first-order valence-corrected chi connectivity index (χ1v) is 7.96. The third-order valence-electron chi connectivity index (χ3n) is 3.72. The number of nitrogens with zero attached hydrogens (tertiary/aromatic N) is 2. The largest absolute Gasteiger partial charge is 0.426 e. The van der Waals surface area contributed by atoms with Gasteiger partial charge in [-0.25, -0.2) is 0 Å². The summed E-state index contributed by atoms with van der Waals surface area (Å²) in [7, 11) is 0. The van der Waals surface area contributed by atoms with Crippen molar-refractivity contribution < 1.29 is 17.6 Å². The van der Waals surface area contributed by atoms with Crippen molar-refractivity contribution in [2.24, 2.45) is 0 Å². The molecule has 7 heteroatoms. The van der Waals surface area contributed by atoms with Crippen LogP contribution in [-0.2, 0) is 19.0 Å². The third-order valence-corrected chi connectivity index (χ3v) is 3.96. The van der Waals surface area contributed by atoms with Gasteiger partial charge in [-0.05, 0) is 35.2 Å². The molecule has 0 saturated carbocycles. The van der Waals surface area contributed by atoms with Crippen molar-refractivity contribution in [3.8, 4) is 11.1 Å². The highest BCUT2D eigenvalue weighted by Gasteiger charge is 2.33. The van der Waals surface area contributed by atoms with E-state index in [4.69, 9.17) is 16.0 Å². The van der Waals surface area contributed by atoms with Crippen LogP contribution < -0.4 is 0 Å². The highest BCUT2D eigenvalue weighted by Crippen LogP contribution is 2.38. The molecule has 3 aromatic rings. The zero-order chi connectivity index (χ0) is 18.0. The van der Waals surface area contributed by atoms with E-state index in [2.05, 4.69) is 10.2 Å². The molecule has 0 N–H and O–H groups in total. The quantitative estimate of drug-likeness (QED) is 0.611. The van der Waals surface area contributed by atoms with Crippen molar-refractivity contribution in [3.05, 3.63) is 70.4 Å². The van der Waals surface area contributed by atoms with Gasteiger partial charge in [0.05, 0.1) is 5.56 Å². The molecule has 0 radical (unpaired) electrons. The molecule has 0 aliphatic carbocycles. The number of hydrogen-bond acceptors (Lipinski definition) is 3. The molecule has 1 aromatic heterocycles. The van der Waals surface area contributed by atoms with Gasteiger partial charge in [0.25, 0.3) is 0 Å². The van der Waals surface area contributed by atoms with Crippen molar-refractivity contribution in [3.63, 3.8) is 0 Å². The Morgan fingerprint density at radius 2 is 1.84 bits per heavy atom. The summed E-state index contributed by atoms with van der Waals surface area (Å²) in [5.41, 5.74) is 0.733. The Hall–Kier alpha value is -2.34. The average molecular weight is 367 g/mol. The van der Waals surface area contributed by atoms with Gasteiger partial charge < -0.3 is 4.42 Å². The summed E-state index contributed by atoms with van der Waals surface area (Å²) >= 11 is 5.74. The van der Waals surface area contributed by atoms with Crippen molar-refractivity contribution in [1.29, 1.82) is 0 Å². The third kappa shape index (κ3) is 4.20. The van der Waals surface area contributed by atoms with Crippen LogP contribution in [0.25, 0.3) is 11.1 Å². The second-order valence-electron chi connectivity index (χ2n) is 5.60. The van der Waals surface area contributed by atoms with Gasteiger partial charge >= 0.3 is 6.18 Å². The molecular weight excluding hydrogens is 353 g/mol. The molecule has 0 spiro atoms. The molecule has 0 amide bonds. The maximum Gasteiger partial charge on any atom is 0.417 e. The predicted octanol–water partition coefficient (Wildman–Crippen LogP) is 5.50. The molecule has 130 valence electrons. The SMILES string of the molecule is Cc1nnc(CCc2cccc(-c3ccc(Cl)cc3C(F)(F)F)c2)o1. The molecule has 2 aromatic carbocycles. The summed E-state index contributed by atoms with van der Waals surface area (Å²) in [5, 5.41) is 7.73. The lowest BCUT2D eigenvalue weighted by molar-refractivity contribution is -0.137. The summed E-state index contributed by atoms with van der Waals surface area (Å²) in [4.78, 5) is 0. The van der Waals surface area contributed by atoms with E-state index in [1.165, 1.54) is 12.1 Å². The lowest BCUT2D eigenvalue weighted by Crippen LogP contribution is -2.07. The van der Waals surface area contributed by atoms with E-state index in [1.54, 1.807) is 25.1 Å². The van der Waals surface area contributed by atoms with Gasteiger partial charge in [-0.15, -0.1) is 10.2 Å². The normalized spacial score (nSPS) is 11.7. The van der Waals surface area contributed by atoms with Crippen molar-refractivity contribution in [1.82, 2.24) is 10.2 Å². The van der Waals surface area contributed by atoms with E-state index < -0.39 is 11.7 Å². The van der Waals surface area contributed by atoms with Gasteiger partial charge in [0.15, 0.2) is 0 Å². The summed E-state index contributed by atoms with van der Waals surface area (Å²) in [6, 6.07) is 10.8. The van der Waals surface area contributed by atoms with E-state index in [-0.39, 0.29) is 10.6 Å². The Kier molecular flexibility index (Phi) is 4.81. The van der Waals surface area contributed by atoms with Crippen LogP contribution in [0.5, 0.6) is 0 Å². The molecule has 0 bridgehead atoms. The molecule has 0 fully saturated rings. The van der Waals surface area contributed by atoms with Crippen LogP contribution in [-0.4, -0.2) is 10.2 Å². The maximum atomic E-state index is 13.3. The Bertz CT molecular complexity index is 890. The minimum Gasteiger partial charge on any atom is -0.426 e. The van der Waals surface area contributed by atoms with Crippen LogP contribution in [0, 0.1) is 6.92 Å². The van der Waals surface area contributed by atoms with Crippen LogP contribution >= 0.6 is 11.6 Å². The predicted molar refractivity (Wildman–Crippen MR) is 88.3 cm³/mol. The van der Waals surface area contributed by atoms with Crippen molar-refractivity contribution >= 4 is 11.6 Å². The van der Waals surface area contributed by atoms with E-state index in [9.17, 15) is 13.2 Å². The smallest absolute Gasteiger partial charge is 0.417 e. The number of aryl methyl sites for hydroxylation is 3. The molecule has 0 aliphatic heterocycles. The van der Waals surface area contributed by atoms with Gasteiger partial charge in [0.1, 0.15) is 0 Å². The highest BCUT2D eigenvalue weighted by atomic mass is 35.5. The van der Waals surface area contributed by atoms with E-state index in [1.807, 2.05) is 6.07 Å². The number of benzene rings is 2. The molecule has 0 aliphatic rings. The van der Waals surface area contributed by atoms with Crippen LogP contribution in [0.1, 0.15) is 22.9 Å². The molecule has 3 rings (SSSR count). The van der Waals surface area contributed by atoms with Gasteiger partial charge in [-0.2, -0.15) is 13.2 Å². The standard InChI is InChI=1S/C18H14ClF3N2O/c1-11-23-24-17(25-11)8-5-12-3-2-4-13(9-12)15-7-6-14(19)10-16(15)18(20,21)22/h2-4,6-7,9-10H,5,8H2,1H3. The Morgan fingerprint density at radius 1 is 1.04 bits per heavy atom. The van der Waals surface area contributed by atoms with Crippen LogP contribution in [0.2, 0.25) is 5.02 Å². The lowest BCUT2D eigenvalue weighted by Gasteiger charge is -2.14. The Balaban J connectivity index is 1.89. The van der Waals surface area contributed by atoms with Gasteiger partial charge in [0.2, 0.25) is 11.8 Å². The molecule has 25 heavy (non-hydrogen) atoms. The molecule has 0 unspecified atom stereocenters. The summed E-state index contributed by atoms with van der Waals surface area (Å²) in [6.07, 6.45) is -3.36.